The third-order valence-corrected chi connectivity index (χ3v) is 3.93. The molecule has 1 aromatic rings. The van der Waals surface area contributed by atoms with Crippen molar-refractivity contribution in [3.63, 3.8) is 0 Å². The monoisotopic (exact) mass is 577 g/mol. The van der Waals surface area contributed by atoms with Crippen LogP contribution in [0.25, 0.3) is 0 Å². The SMILES string of the molecule is C[C@]12CCC[C@H](C1)[N+](c1cccc([N+](=O)[O-])c1)=N2.[Cl][Sb-]([Cl])([Cl])([Cl])([Cl])[Cl]. The predicted molar refractivity (Wildman–Crippen MR) is 107 cm³/mol. The predicted octanol–water partition coefficient (Wildman–Crippen LogP) is 7.16. The molecule has 0 radical (unpaired) electrons. The van der Waals surface area contributed by atoms with Crippen LogP contribution in [0.4, 0.5) is 11.4 Å². The molecule has 0 unspecified atom stereocenters. The molecular formula is C13H16Cl6N3O2Sb. The van der Waals surface area contributed by atoms with E-state index in [0.717, 1.165) is 24.9 Å². The fourth-order valence-corrected chi connectivity index (χ4v) is 3.09. The van der Waals surface area contributed by atoms with E-state index in [1.807, 2.05) is 10.8 Å². The molecule has 1 fully saturated rings. The number of fused-ring (bicyclic) bond motifs is 2. The van der Waals surface area contributed by atoms with Gasteiger partial charge in [0, 0.05) is 25.0 Å². The summed E-state index contributed by atoms with van der Waals surface area (Å²) in [4.78, 5) is 10.5. The van der Waals surface area contributed by atoms with Crippen LogP contribution in [0.15, 0.2) is 29.4 Å². The van der Waals surface area contributed by atoms with E-state index in [4.69, 9.17) is 58.1 Å². The normalized spacial score (nSPS) is 28.1. The summed E-state index contributed by atoms with van der Waals surface area (Å²) in [5.41, 5.74) is 1.02. The first-order valence-electron chi connectivity index (χ1n) is 7.35. The first kappa shape index (κ1) is 22.1. The Hall–Kier alpha value is 0.778. The van der Waals surface area contributed by atoms with Crippen LogP contribution in [-0.2, 0) is 0 Å². The summed E-state index contributed by atoms with van der Waals surface area (Å²) in [6.07, 6.45) is 4.50. The van der Waals surface area contributed by atoms with Crippen molar-refractivity contribution in [1.29, 1.82) is 0 Å². The number of halogens is 6. The van der Waals surface area contributed by atoms with Gasteiger partial charge in [-0.15, -0.1) is 0 Å². The summed E-state index contributed by atoms with van der Waals surface area (Å²) >= 11 is 0. The van der Waals surface area contributed by atoms with Gasteiger partial charge in [0.2, 0.25) is 5.69 Å². The average Bonchev–Trinajstić information content (AvgIpc) is 2.65. The van der Waals surface area contributed by atoms with E-state index in [1.165, 1.54) is 12.5 Å². The number of rotatable bonds is 2. The van der Waals surface area contributed by atoms with Crippen LogP contribution in [0.3, 0.4) is 0 Å². The maximum absolute atomic E-state index is 10.8. The number of nitrogens with zero attached hydrogens (tertiary/aromatic N) is 3. The molecule has 0 aromatic heterocycles. The standard InChI is InChI=1S/C13H16N3O2.6ClH.Sb/c1-13-7-3-6-12(9-13)15(14-13)10-4-2-5-11(8-10)16(17)18;;;;;;;/h2,4-5,8,12H,3,6-7,9H2,1H3;6*1H;/q+1;;;;;;;+5/p-6/t12-,13+;;;;;;;/m1......./s1. The molecule has 25 heavy (non-hydrogen) atoms. The van der Waals surface area contributed by atoms with Crippen molar-refractivity contribution in [2.45, 2.75) is 44.2 Å². The molecule has 12 heteroatoms. The summed E-state index contributed by atoms with van der Waals surface area (Å²) in [7, 11) is 25.0. The van der Waals surface area contributed by atoms with Crippen molar-refractivity contribution >= 4 is 73.5 Å². The average molecular weight is 581 g/mol. The van der Waals surface area contributed by atoms with Crippen molar-refractivity contribution in [2.75, 3.05) is 0 Å². The Balaban J connectivity index is 0.000000277. The minimum atomic E-state index is -5.42. The number of nitro groups is 1. The van der Waals surface area contributed by atoms with Gasteiger partial charge in [-0.05, 0) is 30.9 Å². The second-order valence-corrected chi connectivity index (χ2v) is 63.3. The molecule has 2 bridgehead atoms. The molecule has 2 atom stereocenters. The Labute approximate surface area is 165 Å². The number of benzene rings is 1. The Morgan fingerprint density at radius 3 is 2.40 bits per heavy atom. The Kier molecular flexibility index (Phi) is 5.90. The maximum atomic E-state index is 10.8. The van der Waals surface area contributed by atoms with E-state index in [1.54, 1.807) is 12.1 Å². The zero-order chi connectivity index (χ0) is 19.2. The quantitative estimate of drug-likeness (QED) is 0.161. The van der Waals surface area contributed by atoms with Crippen LogP contribution in [-0.4, -0.2) is 30.3 Å². The van der Waals surface area contributed by atoms with Crippen LogP contribution in [0.5, 0.6) is 0 Å². The second-order valence-electron chi connectivity index (χ2n) is 6.43. The van der Waals surface area contributed by atoms with Gasteiger partial charge in [-0.3, -0.25) is 10.1 Å². The molecule has 1 heterocycles. The van der Waals surface area contributed by atoms with Crippen molar-refractivity contribution in [1.82, 2.24) is 0 Å². The first-order valence-corrected chi connectivity index (χ1v) is 26.7. The summed E-state index contributed by atoms with van der Waals surface area (Å²) in [6.45, 7) is 2.18. The molecule has 1 aliphatic heterocycles. The van der Waals surface area contributed by atoms with Gasteiger partial charge in [0.1, 0.15) is 5.54 Å². The number of azo groups is 2. The van der Waals surface area contributed by atoms with Crippen LogP contribution in [0.2, 0.25) is 0 Å². The van der Waals surface area contributed by atoms with E-state index < -0.39 is 9.14 Å². The minimum absolute atomic E-state index is 0.0353. The van der Waals surface area contributed by atoms with Crippen LogP contribution in [0, 0.1) is 10.1 Å². The van der Waals surface area contributed by atoms with Crippen LogP contribution >= 0.6 is 53.0 Å². The number of nitro benzene ring substituents is 1. The van der Waals surface area contributed by atoms with Gasteiger partial charge in [-0.25, -0.2) is 0 Å². The summed E-state index contributed by atoms with van der Waals surface area (Å²) in [6, 6.07) is 7.18. The van der Waals surface area contributed by atoms with E-state index >= 15 is 0 Å². The molecule has 1 saturated carbocycles. The van der Waals surface area contributed by atoms with Gasteiger partial charge in [0.05, 0.1) is 11.0 Å². The van der Waals surface area contributed by atoms with Crippen molar-refractivity contribution in [2.24, 2.45) is 5.11 Å². The van der Waals surface area contributed by atoms with Crippen molar-refractivity contribution < 1.29 is 9.62 Å². The number of hydrogen-bond donors (Lipinski definition) is 0. The third kappa shape index (κ3) is 8.12. The zero-order valence-corrected chi connectivity index (χ0v) is 20.2. The topological polar surface area (TPSA) is 58.5 Å². The molecule has 142 valence electrons. The Bertz CT molecular complexity index is 725. The van der Waals surface area contributed by atoms with E-state index in [2.05, 4.69) is 6.92 Å². The molecule has 3 rings (SSSR count). The van der Waals surface area contributed by atoms with Gasteiger partial charge in [-0.1, -0.05) is 4.70 Å². The van der Waals surface area contributed by atoms with E-state index in [0.29, 0.717) is 6.04 Å². The molecule has 0 N–H and O–H groups in total. The third-order valence-electron chi connectivity index (χ3n) is 3.93. The van der Waals surface area contributed by atoms with Gasteiger partial charge >= 0.3 is 62.1 Å². The molecule has 0 spiro atoms. The molecule has 2 aliphatic rings. The van der Waals surface area contributed by atoms with Crippen LogP contribution in [0.1, 0.15) is 32.6 Å². The molecule has 1 aromatic carbocycles. The summed E-state index contributed by atoms with van der Waals surface area (Å²) < 4.78 is 2.00. The number of hydrogen-bond acceptors (Lipinski definition) is 3. The van der Waals surface area contributed by atoms with E-state index in [-0.39, 0.29) is 16.1 Å². The van der Waals surface area contributed by atoms with Crippen molar-refractivity contribution in [3.8, 4) is 0 Å². The van der Waals surface area contributed by atoms with Crippen LogP contribution < -0.4 is 0 Å². The van der Waals surface area contributed by atoms with E-state index in [9.17, 15) is 10.1 Å². The molecule has 0 amide bonds. The fourth-order valence-electron chi connectivity index (χ4n) is 3.09. The van der Waals surface area contributed by atoms with Gasteiger partial charge in [0.25, 0.3) is 5.69 Å². The number of non-ortho nitro benzene ring substituents is 1. The summed E-state index contributed by atoms with van der Waals surface area (Å²) in [5, 5.41) is 15.6. The van der Waals surface area contributed by atoms with Crippen molar-refractivity contribution in [3.05, 3.63) is 34.4 Å². The molecule has 5 nitrogen and oxygen atoms in total. The molecule has 1 aliphatic carbocycles. The van der Waals surface area contributed by atoms with Gasteiger partial charge < -0.3 is 0 Å². The van der Waals surface area contributed by atoms with Gasteiger partial charge in [0.15, 0.2) is 6.04 Å². The molecule has 0 saturated heterocycles. The van der Waals surface area contributed by atoms with Gasteiger partial charge in [-0.2, -0.15) is 0 Å². The zero-order valence-electron chi connectivity index (χ0n) is 13.1. The summed E-state index contributed by atoms with van der Waals surface area (Å²) in [5.74, 6) is 0. The first-order chi connectivity index (χ1) is 11.0. The Morgan fingerprint density at radius 1 is 1.28 bits per heavy atom. The molecular weight excluding hydrogens is 565 g/mol. The second kappa shape index (κ2) is 6.69. The fraction of sp³-hybridized carbons (Fsp3) is 0.538. The Morgan fingerprint density at radius 2 is 1.88 bits per heavy atom.